The average molecular weight is 706 g/mol. The molecule has 0 amide bonds. The first-order valence-electron chi connectivity index (χ1n) is 16.6. The largest absolute Gasteiger partial charge is 0.461 e. The minimum absolute atomic E-state index is 0.0112. The second kappa shape index (κ2) is 9.70. The lowest BCUT2D eigenvalue weighted by Gasteiger charge is -2.37. The molecule has 5 atom stereocenters. The van der Waals surface area contributed by atoms with Gasteiger partial charge in [-0.25, -0.2) is 18.2 Å². The molecule has 9 rings (SSSR count). The van der Waals surface area contributed by atoms with Gasteiger partial charge in [-0.2, -0.15) is 23.1 Å². The molecule has 15 heteroatoms. The zero-order valence-corrected chi connectivity index (χ0v) is 27.6. The Morgan fingerprint density at radius 1 is 1.16 bits per heavy atom. The lowest BCUT2D eigenvalue weighted by atomic mass is 9.89. The van der Waals surface area contributed by atoms with Crippen molar-refractivity contribution in [1.29, 1.82) is 0 Å². The summed E-state index contributed by atoms with van der Waals surface area (Å²) in [4.78, 5) is 17.5. The van der Waals surface area contributed by atoms with Gasteiger partial charge in [0.2, 0.25) is 0 Å². The first kappa shape index (κ1) is 31.6. The van der Waals surface area contributed by atoms with Crippen LogP contribution in [0.2, 0.25) is 5.02 Å². The van der Waals surface area contributed by atoms with Crippen molar-refractivity contribution in [1.82, 2.24) is 25.2 Å². The highest BCUT2D eigenvalue weighted by Gasteiger charge is 2.77. The number of piperazine rings is 1. The number of aryl methyl sites for hydroxylation is 1. The fraction of sp³-hybridized carbons (Fsp3) is 0.559. The standard InChI is InChI=1S/C34H34ClF6N7O/c1-15-9-18(42)44-25(22(15)34(39,40)41)21-23(35)19-16(2)10-32-17(3)27(32)43-6-8-48(32)28-20(19)26(24(21)36)45-29(46-28)49-14-31-5-4-7-47(31)13-30(11-31)12-33(30,37)38/h9,17,27,43H,2,4-8,10-14H2,1,3H3,(H2,42,44)/t17?,27-,30+,31?,32+/m0/s1. The lowest BCUT2D eigenvalue weighted by molar-refractivity contribution is -0.137. The highest BCUT2D eigenvalue weighted by molar-refractivity contribution is 6.37. The number of benzene rings is 1. The molecule has 0 bridgehead atoms. The molecule has 260 valence electrons. The van der Waals surface area contributed by atoms with Crippen molar-refractivity contribution in [2.24, 2.45) is 11.3 Å². The van der Waals surface area contributed by atoms with Crippen molar-refractivity contribution < 1.29 is 31.1 Å². The third-order valence-corrected chi connectivity index (χ3v) is 12.7. The molecule has 8 nitrogen and oxygen atoms in total. The summed E-state index contributed by atoms with van der Waals surface area (Å²) < 4.78 is 96.1. The topological polar surface area (TPSA) is 92.4 Å². The number of nitrogens with two attached hydrogens (primary N) is 1. The first-order valence-corrected chi connectivity index (χ1v) is 16.9. The Morgan fingerprint density at radius 3 is 2.63 bits per heavy atom. The fourth-order valence-electron chi connectivity index (χ4n) is 9.97. The average Bonchev–Trinajstić information content (AvgIpc) is 3.60. The van der Waals surface area contributed by atoms with Crippen LogP contribution >= 0.6 is 11.6 Å². The number of halogens is 7. The van der Waals surface area contributed by atoms with Crippen LogP contribution in [-0.4, -0.2) is 75.7 Å². The van der Waals surface area contributed by atoms with E-state index in [2.05, 4.69) is 38.6 Å². The molecule has 2 spiro atoms. The van der Waals surface area contributed by atoms with Gasteiger partial charge in [0.1, 0.15) is 23.8 Å². The summed E-state index contributed by atoms with van der Waals surface area (Å²) >= 11 is 6.99. The molecular weight excluding hydrogens is 672 g/mol. The number of nitrogens with zero attached hydrogens (tertiary/aromatic N) is 5. The molecule has 0 radical (unpaired) electrons. The van der Waals surface area contributed by atoms with Crippen LogP contribution in [0.25, 0.3) is 27.7 Å². The quantitative estimate of drug-likeness (QED) is 0.293. The normalized spacial score (nSPS) is 32.7. The Morgan fingerprint density at radius 2 is 1.92 bits per heavy atom. The van der Waals surface area contributed by atoms with Gasteiger partial charge in [0, 0.05) is 37.7 Å². The van der Waals surface area contributed by atoms with E-state index in [1.165, 1.54) is 6.92 Å². The Balaban J connectivity index is 1.25. The molecule has 6 heterocycles. The van der Waals surface area contributed by atoms with Gasteiger partial charge in [-0.15, -0.1) is 0 Å². The van der Waals surface area contributed by atoms with E-state index in [1.54, 1.807) is 0 Å². The van der Waals surface area contributed by atoms with Crippen molar-refractivity contribution >= 4 is 39.7 Å². The van der Waals surface area contributed by atoms with Gasteiger partial charge in [-0.3, -0.25) is 4.90 Å². The third kappa shape index (κ3) is 4.10. The predicted molar refractivity (Wildman–Crippen MR) is 172 cm³/mol. The Labute approximate surface area is 283 Å². The summed E-state index contributed by atoms with van der Waals surface area (Å²) in [6, 6.07) is 0.944. The van der Waals surface area contributed by atoms with Gasteiger partial charge in [-0.1, -0.05) is 25.1 Å². The van der Waals surface area contributed by atoms with E-state index in [0.717, 1.165) is 12.5 Å². The zero-order valence-electron chi connectivity index (χ0n) is 26.9. The number of pyridine rings is 1. The maximum Gasteiger partial charge on any atom is 0.418 e. The summed E-state index contributed by atoms with van der Waals surface area (Å²) in [5, 5.41) is 3.49. The van der Waals surface area contributed by atoms with Crippen LogP contribution in [-0.2, 0) is 6.18 Å². The molecule has 6 aliphatic rings. The molecule has 3 aromatic rings. The summed E-state index contributed by atoms with van der Waals surface area (Å²) in [6.45, 7) is 9.73. The minimum atomic E-state index is -4.91. The molecule has 3 N–H and O–H groups in total. The summed E-state index contributed by atoms with van der Waals surface area (Å²) in [5.74, 6) is -3.60. The molecular formula is C34H34ClF6N7O. The van der Waals surface area contributed by atoms with Gasteiger partial charge in [0.25, 0.3) is 5.92 Å². The van der Waals surface area contributed by atoms with Crippen LogP contribution in [0.3, 0.4) is 0 Å². The second-order valence-electron chi connectivity index (χ2n) is 15.0. The van der Waals surface area contributed by atoms with E-state index in [-0.39, 0.29) is 76.8 Å². The van der Waals surface area contributed by atoms with E-state index in [1.807, 2.05) is 0 Å². The maximum atomic E-state index is 17.1. The predicted octanol–water partition coefficient (Wildman–Crippen LogP) is 6.62. The molecule has 2 unspecified atom stereocenters. The minimum Gasteiger partial charge on any atom is -0.461 e. The van der Waals surface area contributed by atoms with Crippen molar-refractivity contribution in [3.05, 3.63) is 40.2 Å². The van der Waals surface area contributed by atoms with E-state index in [0.29, 0.717) is 43.9 Å². The highest BCUT2D eigenvalue weighted by atomic mass is 35.5. The molecule has 4 aliphatic heterocycles. The van der Waals surface area contributed by atoms with Gasteiger partial charge < -0.3 is 20.7 Å². The number of hydrogen-bond donors (Lipinski definition) is 2. The van der Waals surface area contributed by atoms with Crippen molar-refractivity contribution in [3.8, 4) is 17.3 Å². The molecule has 2 aliphatic carbocycles. The summed E-state index contributed by atoms with van der Waals surface area (Å²) in [5.41, 5.74) is 1.45. The Bertz CT molecular complexity index is 2010. The monoisotopic (exact) mass is 705 g/mol. The Hall–Kier alpha value is -3.36. The highest BCUT2D eigenvalue weighted by Crippen LogP contribution is 2.69. The van der Waals surface area contributed by atoms with Crippen LogP contribution in [0.15, 0.2) is 12.6 Å². The molecule has 2 aromatic heterocycles. The first-order chi connectivity index (χ1) is 23.0. The van der Waals surface area contributed by atoms with Crippen molar-refractivity contribution in [3.63, 3.8) is 0 Å². The SMILES string of the molecule is C=C1C[C@@]23C(C)[C@@H]2NCCN3c2nc(OCC34CCCN3C[C@@]3(C4)CC3(F)F)nc3c(F)c(-c4nc(N)cc(C)c4C(F)(F)F)c(Cl)c1c23. The Kier molecular flexibility index (Phi) is 6.25. The molecule has 5 fully saturated rings. The van der Waals surface area contributed by atoms with Crippen molar-refractivity contribution in [2.75, 3.05) is 43.4 Å². The number of nitrogen functional groups attached to an aromatic ring is 1. The molecule has 1 aromatic carbocycles. The number of alkyl halides is 5. The van der Waals surface area contributed by atoms with Crippen LogP contribution in [0.5, 0.6) is 6.01 Å². The van der Waals surface area contributed by atoms with E-state index >= 15 is 4.39 Å². The summed E-state index contributed by atoms with van der Waals surface area (Å²) in [7, 11) is 0. The van der Waals surface area contributed by atoms with Crippen molar-refractivity contribution in [2.45, 2.75) is 75.2 Å². The fourth-order valence-corrected chi connectivity index (χ4v) is 10.4. The molecule has 3 saturated heterocycles. The number of rotatable bonds is 4. The number of aromatic nitrogens is 3. The van der Waals surface area contributed by atoms with Gasteiger partial charge in [-0.05, 0) is 62.3 Å². The summed E-state index contributed by atoms with van der Waals surface area (Å²) in [6.07, 6.45) is -2.92. The third-order valence-electron chi connectivity index (χ3n) is 12.4. The lowest BCUT2D eigenvalue weighted by Crippen LogP contribution is -2.52. The van der Waals surface area contributed by atoms with Crippen LogP contribution in [0.1, 0.15) is 55.7 Å². The smallest absolute Gasteiger partial charge is 0.418 e. The zero-order chi connectivity index (χ0) is 34.6. The number of fused-ring (bicyclic) bond motifs is 2. The molecule has 49 heavy (non-hydrogen) atoms. The number of anilines is 2. The maximum absolute atomic E-state index is 17.1. The van der Waals surface area contributed by atoms with Crippen LogP contribution < -0.4 is 20.7 Å². The van der Waals surface area contributed by atoms with Crippen LogP contribution in [0.4, 0.5) is 38.0 Å². The van der Waals surface area contributed by atoms with E-state index in [9.17, 15) is 22.0 Å². The number of ether oxygens (including phenoxy) is 1. The van der Waals surface area contributed by atoms with Gasteiger partial charge in [0.05, 0.1) is 43.7 Å². The van der Waals surface area contributed by atoms with Crippen LogP contribution in [0, 0.1) is 24.1 Å². The number of nitrogens with one attached hydrogen (secondary N) is 1. The van der Waals surface area contributed by atoms with Gasteiger partial charge >= 0.3 is 12.2 Å². The molecule has 2 saturated carbocycles. The number of hydrogen-bond acceptors (Lipinski definition) is 8. The van der Waals surface area contributed by atoms with E-state index in [4.69, 9.17) is 27.1 Å². The van der Waals surface area contributed by atoms with E-state index < -0.39 is 51.2 Å². The second-order valence-corrected chi connectivity index (χ2v) is 15.4. The van der Waals surface area contributed by atoms with Gasteiger partial charge in [0.15, 0.2) is 5.82 Å².